The molecule has 3 N–H and O–H groups in total. The van der Waals surface area contributed by atoms with Gasteiger partial charge in [0.1, 0.15) is 11.0 Å². The summed E-state index contributed by atoms with van der Waals surface area (Å²) >= 11 is 0. The predicted molar refractivity (Wildman–Crippen MR) is 164 cm³/mol. The molecule has 4 aromatic rings. The van der Waals surface area contributed by atoms with E-state index in [1.165, 1.54) is 10.9 Å². The van der Waals surface area contributed by atoms with Crippen molar-refractivity contribution in [2.45, 2.75) is 57.4 Å². The number of piperazine rings is 1. The van der Waals surface area contributed by atoms with E-state index in [1.54, 1.807) is 42.8 Å². The summed E-state index contributed by atoms with van der Waals surface area (Å²) in [5, 5.41) is 24.4. The highest BCUT2D eigenvalue weighted by Gasteiger charge is 2.32. The van der Waals surface area contributed by atoms with E-state index in [0.717, 1.165) is 56.8 Å². The molecule has 1 aliphatic heterocycles. The Hall–Kier alpha value is -4.06. The lowest BCUT2D eigenvalue weighted by atomic mass is 10.1. The van der Waals surface area contributed by atoms with Crippen LogP contribution >= 0.6 is 0 Å². The minimum absolute atomic E-state index is 0.187. The van der Waals surface area contributed by atoms with Crippen molar-refractivity contribution in [3.8, 4) is 5.82 Å². The van der Waals surface area contributed by atoms with Gasteiger partial charge in [-0.05, 0) is 69.5 Å². The Morgan fingerprint density at radius 2 is 1.83 bits per heavy atom. The van der Waals surface area contributed by atoms with E-state index in [-0.39, 0.29) is 18.2 Å². The SMILES string of the molecule is C=CCn1c(=O)c2cnc(Nc3ccc(N4CCN(C5CCCC5O)CC4)cc3)nc2n1-c1cccc(C(C)(C)O)n1. The molecule has 11 nitrogen and oxygen atoms in total. The fraction of sp³-hybridized carbons (Fsp3) is 0.419. The Bertz CT molecular complexity index is 1630. The maximum atomic E-state index is 13.3. The molecule has 0 amide bonds. The van der Waals surface area contributed by atoms with E-state index in [4.69, 9.17) is 4.98 Å². The molecule has 2 unspecified atom stereocenters. The number of aliphatic hydroxyl groups is 2. The molecule has 1 saturated carbocycles. The molecule has 0 radical (unpaired) electrons. The van der Waals surface area contributed by atoms with Crippen LogP contribution in [0.1, 0.15) is 38.8 Å². The zero-order chi connectivity index (χ0) is 29.4. The largest absolute Gasteiger partial charge is 0.391 e. The van der Waals surface area contributed by atoms with Gasteiger partial charge in [-0.25, -0.2) is 19.3 Å². The van der Waals surface area contributed by atoms with Gasteiger partial charge in [0.05, 0.1) is 18.3 Å². The Labute approximate surface area is 244 Å². The third-order valence-electron chi connectivity index (χ3n) is 8.27. The number of aliphatic hydroxyl groups excluding tert-OH is 1. The number of hydrogen-bond donors (Lipinski definition) is 3. The van der Waals surface area contributed by atoms with Crippen molar-refractivity contribution >= 4 is 28.4 Å². The number of benzene rings is 1. The maximum Gasteiger partial charge on any atom is 0.278 e. The van der Waals surface area contributed by atoms with Crippen LogP contribution in [0.5, 0.6) is 0 Å². The van der Waals surface area contributed by atoms with Gasteiger partial charge >= 0.3 is 0 Å². The monoisotopic (exact) mass is 570 g/mol. The van der Waals surface area contributed by atoms with Crippen molar-refractivity contribution in [1.29, 1.82) is 0 Å². The standard InChI is InChI=1S/C31H38N8O3/c1-4-15-38-29(41)23-20-32-30(35-28(23)39(38)27-10-6-9-26(34-27)31(2,3)42)33-21-11-13-22(14-12-21)36-16-18-37(19-17-36)24-7-5-8-25(24)40/h4,6,9-14,20,24-25,40,42H,1,5,7-8,15-19H2,2-3H3,(H,32,33,35). The molecule has 2 fully saturated rings. The minimum Gasteiger partial charge on any atom is -0.391 e. The molecule has 0 spiro atoms. The number of allylic oxidation sites excluding steroid dienone is 1. The van der Waals surface area contributed by atoms with Gasteiger partial charge in [0.2, 0.25) is 5.95 Å². The summed E-state index contributed by atoms with van der Waals surface area (Å²) in [6.45, 7) is 11.2. The number of anilines is 3. The summed E-state index contributed by atoms with van der Waals surface area (Å²) in [6, 6.07) is 13.8. The van der Waals surface area contributed by atoms with Crippen LogP contribution in [0, 0.1) is 0 Å². The highest BCUT2D eigenvalue weighted by Crippen LogP contribution is 2.27. The van der Waals surface area contributed by atoms with Gasteiger partial charge in [-0.2, -0.15) is 4.98 Å². The molecule has 2 aliphatic rings. The van der Waals surface area contributed by atoms with E-state index in [2.05, 4.69) is 43.8 Å². The molecule has 42 heavy (non-hydrogen) atoms. The molecule has 0 bridgehead atoms. The number of nitrogens with zero attached hydrogens (tertiary/aromatic N) is 7. The van der Waals surface area contributed by atoms with Crippen LogP contribution in [-0.2, 0) is 12.1 Å². The van der Waals surface area contributed by atoms with Crippen molar-refractivity contribution in [2.24, 2.45) is 0 Å². The van der Waals surface area contributed by atoms with Crippen LogP contribution in [0.2, 0.25) is 0 Å². The Morgan fingerprint density at radius 3 is 2.50 bits per heavy atom. The van der Waals surface area contributed by atoms with Crippen molar-refractivity contribution in [3.63, 3.8) is 0 Å². The second-order valence-electron chi connectivity index (χ2n) is 11.6. The summed E-state index contributed by atoms with van der Waals surface area (Å²) in [7, 11) is 0. The van der Waals surface area contributed by atoms with Crippen molar-refractivity contribution in [3.05, 3.63) is 77.4 Å². The average Bonchev–Trinajstić information content (AvgIpc) is 3.53. The van der Waals surface area contributed by atoms with Crippen LogP contribution < -0.4 is 15.8 Å². The number of aromatic nitrogens is 5. The lowest BCUT2D eigenvalue weighted by Gasteiger charge is -2.40. The van der Waals surface area contributed by atoms with E-state index < -0.39 is 5.60 Å². The number of hydrogen-bond acceptors (Lipinski definition) is 9. The van der Waals surface area contributed by atoms with Crippen LogP contribution in [0.3, 0.4) is 0 Å². The first-order valence-corrected chi connectivity index (χ1v) is 14.6. The number of pyridine rings is 1. The molecule has 3 aromatic heterocycles. The van der Waals surface area contributed by atoms with Gasteiger partial charge in [-0.3, -0.25) is 9.69 Å². The summed E-state index contributed by atoms with van der Waals surface area (Å²) in [4.78, 5) is 31.8. The first-order chi connectivity index (χ1) is 20.2. The zero-order valence-corrected chi connectivity index (χ0v) is 24.1. The first-order valence-electron chi connectivity index (χ1n) is 14.6. The number of rotatable bonds is 8. The lowest BCUT2D eigenvalue weighted by Crippen LogP contribution is -2.52. The summed E-state index contributed by atoms with van der Waals surface area (Å²) in [5.74, 6) is 0.808. The molecule has 11 heteroatoms. The second-order valence-corrected chi connectivity index (χ2v) is 11.6. The van der Waals surface area contributed by atoms with Crippen LogP contribution in [0.25, 0.3) is 16.9 Å². The molecule has 4 heterocycles. The van der Waals surface area contributed by atoms with Crippen molar-refractivity contribution in [1.82, 2.24) is 29.2 Å². The summed E-state index contributed by atoms with van der Waals surface area (Å²) in [5.41, 5.74) is 1.46. The average molecular weight is 571 g/mol. The third kappa shape index (κ3) is 5.42. The topological polar surface area (TPSA) is 125 Å². The van der Waals surface area contributed by atoms with Crippen molar-refractivity contribution < 1.29 is 10.2 Å². The molecule has 1 aromatic carbocycles. The smallest absolute Gasteiger partial charge is 0.278 e. The van der Waals surface area contributed by atoms with E-state index in [1.807, 2.05) is 12.1 Å². The summed E-state index contributed by atoms with van der Waals surface area (Å²) < 4.78 is 3.16. The molecule has 1 aliphatic carbocycles. The molecular formula is C31H38N8O3. The minimum atomic E-state index is -1.15. The van der Waals surface area contributed by atoms with Gasteiger partial charge in [0.15, 0.2) is 11.5 Å². The predicted octanol–water partition coefficient (Wildman–Crippen LogP) is 3.17. The molecular weight excluding hydrogens is 532 g/mol. The highest BCUT2D eigenvalue weighted by atomic mass is 16.3. The molecule has 1 saturated heterocycles. The Kier molecular flexibility index (Phi) is 7.56. The Morgan fingerprint density at radius 1 is 1.07 bits per heavy atom. The number of nitrogens with one attached hydrogen (secondary N) is 1. The fourth-order valence-corrected chi connectivity index (χ4v) is 6.03. The number of fused-ring (bicyclic) bond motifs is 1. The van der Waals surface area contributed by atoms with Crippen LogP contribution in [0.15, 0.2) is 66.1 Å². The van der Waals surface area contributed by atoms with Gasteiger partial charge in [-0.1, -0.05) is 12.1 Å². The lowest BCUT2D eigenvalue weighted by molar-refractivity contribution is 0.0671. The molecule has 220 valence electrons. The molecule has 6 rings (SSSR count). The van der Waals surface area contributed by atoms with Gasteiger partial charge in [-0.15, -0.1) is 6.58 Å². The highest BCUT2D eigenvalue weighted by molar-refractivity contribution is 5.77. The second kappa shape index (κ2) is 11.3. The van der Waals surface area contributed by atoms with Gasteiger partial charge in [0.25, 0.3) is 5.56 Å². The third-order valence-corrected chi connectivity index (χ3v) is 8.27. The quantitative estimate of drug-likeness (QED) is 0.274. The molecule has 2 atom stereocenters. The van der Waals surface area contributed by atoms with Crippen LogP contribution in [0.4, 0.5) is 17.3 Å². The van der Waals surface area contributed by atoms with Gasteiger partial charge < -0.3 is 20.4 Å². The van der Waals surface area contributed by atoms with E-state index in [9.17, 15) is 15.0 Å². The Balaban J connectivity index is 1.23. The normalized spacial score (nSPS) is 19.9. The zero-order valence-electron chi connectivity index (χ0n) is 24.1. The summed E-state index contributed by atoms with van der Waals surface area (Å²) in [6.07, 6.45) is 6.10. The first kappa shape index (κ1) is 28.1. The van der Waals surface area contributed by atoms with Gasteiger partial charge in [0, 0.05) is 49.8 Å². The van der Waals surface area contributed by atoms with Crippen LogP contribution in [-0.4, -0.2) is 77.8 Å². The van der Waals surface area contributed by atoms with E-state index in [0.29, 0.717) is 34.5 Å². The van der Waals surface area contributed by atoms with E-state index >= 15 is 0 Å². The fourth-order valence-electron chi connectivity index (χ4n) is 6.03. The van der Waals surface area contributed by atoms with Crippen molar-refractivity contribution in [2.75, 3.05) is 36.4 Å². The maximum absolute atomic E-state index is 13.3.